The molecule has 1 heterocycles. The summed E-state index contributed by atoms with van der Waals surface area (Å²) in [5.74, 6) is -0.728. The van der Waals surface area contributed by atoms with Gasteiger partial charge in [-0.3, -0.25) is 9.59 Å². The Morgan fingerprint density at radius 2 is 1.71 bits per heavy atom. The van der Waals surface area contributed by atoms with Crippen molar-refractivity contribution in [2.75, 3.05) is 19.6 Å². The predicted molar refractivity (Wildman–Crippen MR) is 151 cm³/mol. The fourth-order valence-electron chi connectivity index (χ4n) is 4.45. The molecule has 38 heavy (non-hydrogen) atoms. The van der Waals surface area contributed by atoms with Gasteiger partial charge in [-0.15, -0.1) is 0 Å². The van der Waals surface area contributed by atoms with Crippen LogP contribution < -0.4 is 0 Å². The van der Waals surface area contributed by atoms with Gasteiger partial charge in [-0.05, 0) is 59.9 Å². The van der Waals surface area contributed by atoms with Crippen LogP contribution in [0.1, 0.15) is 35.3 Å². The molecule has 0 spiro atoms. The van der Waals surface area contributed by atoms with Crippen LogP contribution in [-0.2, 0) is 17.8 Å². The Balaban J connectivity index is 1.57. The highest BCUT2D eigenvalue weighted by Crippen LogP contribution is 2.23. The number of hydrogen-bond acceptors (Lipinski definition) is 2. The highest BCUT2D eigenvalue weighted by Gasteiger charge is 2.25. The standard InChI is InChI=1S/C30H30Cl2FN3O2/c1-20(2)17-36(30(38)26-12-9-23(31)15-27(26)32)19-29(37)35(18-21-7-10-24(33)11-8-21)14-13-22-16-34-28-6-4-3-5-25(22)28/h3-12,15-16,20,34H,13-14,17-19H2,1-2H3. The molecular formula is C30H30Cl2FN3O2. The molecule has 1 aromatic heterocycles. The lowest BCUT2D eigenvalue weighted by atomic mass is 10.1. The number of carbonyl (C=O) groups is 2. The third-order valence-corrected chi connectivity index (χ3v) is 6.87. The van der Waals surface area contributed by atoms with E-state index in [1.165, 1.54) is 23.1 Å². The van der Waals surface area contributed by atoms with E-state index in [-0.39, 0.29) is 35.1 Å². The molecule has 198 valence electrons. The first kappa shape index (κ1) is 27.7. The molecule has 0 aliphatic carbocycles. The van der Waals surface area contributed by atoms with Gasteiger partial charge in [0.15, 0.2) is 0 Å². The minimum atomic E-state index is -0.334. The van der Waals surface area contributed by atoms with Crippen molar-refractivity contribution in [1.29, 1.82) is 0 Å². The van der Waals surface area contributed by atoms with Gasteiger partial charge in [0, 0.05) is 41.8 Å². The van der Waals surface area contributed by atoms with Crippen LogP contribution >= 0.6 is 23.2 Å². The smallest absolute Gasteiger partial charge is 0.255 e. The van der Waals surface area contributed by atoms with Crippen molar-refractivity contribution in [1.82, 2.24) is 14.8 Å². The molecule has 5 nitrogen and oxygen atoms in total. The van der Waals surface area contributed by atoms with Gasteiger partial charge in [-0.1, -0.05) is 67.4 Å². The van der Waals surface area contributed by atoms with Crippen molar-refractivity contribution in [2.45, 2.75) is 26.8 Å². The third kappa shape index (κ3) is 6.94. The van der Waals surface area contributed by atoms with Gasteiger partial charge in [-0.25, -0.2) is 4.39 Å². The van der Waals surface area contributed by atoms with E-state index in [9.17, 15) is 14.0 Å². The molecule has 0 saturated carbocycles. The number of para-hydroxylation sites is 1. The molecule has 2 amide bonds. The average Bonchev–Trinajstić information content (AvgIpc) is 3.29. The van der Waals surface area contributed by atoms with E-state index in [2.05, 4.69) is 4.98 Å². The average molecular weight is 554 g/mol. The van der Waals surface area contributed by atoms with Gasteiger partial charge in [0.2, 0.25) is 5.91 Å². The zero-order valence-electron chi connectivity index (χ0n) is 21.4. The van der Waals surface area contributed by atoms with Gasteiger partial charge in [0.25, 0.3) is 5.91 Å². The van der Waals surface area contributed by atoms with E-state index in [0.717, 1.165) is 22.0 Å². The summed E-state index contributed by atoms with van der Waals surface area (Å²) in [5, 5.41) is 1.78. The first-order valence-electron chi connectivity index (χ1n) is 12.5. The third-order valence-electron chi connectivity index (χ3n) is 6.33. The fourth-order valence-corrected chi connectivity index (χ4v) is 4.94. The van der Waals surface area contributed by atoms with Crippen LogP contribution in [0, 0.1) is 11.7 Å². The monoisotopic (exact) mass is 553 g/mol. The van der Waals surface area contributed by atoms with Crippen molar-refractivity contribution in [3.05, 3.63) is 105 Å². The number of benzene rings is 3. The topological polar surface area (TPSA) is 56.4 Å². The number of fused-ring (bicyclic) bond motifs is 1. The van der Waals surface area contributed by atoms with Crippen molar-refractivity contribution < 1.29 is 14.0 Å². The van der Waals surface area contributed by atoms with Gasteiger partial charge < -0.3 is 14.8 Å². The minimum absolute atomic E-state index is 0.106. The molecule has 3 aromatic carbocycles. The molecule has 0 saturated heterocycles. The van der Waals surface area contributed by atoms with Crippen LogP contribution in [0.4, 0.5) is 4.39 Å². The number of nitrogens with zero attached hydrogens (tertiary/aromatic N) is 2. The number of rotatable bonds is 10. The van der Waals surface area contributed by atoms with Gasteiger partial charge in [0.05, 0.1) is 10.6 Å². The summed E-state index contributed by atoms with van der Waals surface area (Å²) in [4.78, 5) is 33.7. The summed E-state index contributed by atoms with van der Waals surface area (Å²) in [6, 6.07) is 18.8. The molecule has 4 aromatic rings. The van der Waals surface area contributed by atoms with E-state index < -0.39 is 0 Å². The first-order valence-corrected chi connectivity index (χ1v) is 13.3. The normalized spacial score (nSPS) is 11.2. The lowest BCUT2D eigenvalue weighted by Gasteiger charge is -2.29. The van der Waals surface area contributed by atoms with Crippen LogP contribution in [0.2, 0.25) is 10.0 Å². The van der Waals surface area contributed by atoms with E-state index in [1.807, 2.05) is 44.3 Å². The van der Waals surface area contributed by atoms with Crippen molar-refractivity contribution in [3.63, 3.8) is 0 Å². The second kappa shape index (κ2) is 12.5. The molecule has 0 unspecified atom stereocenters. The molecule has 0 aliphatic rings. The molecule has 0 bridgehead atoms. The molecule has 4 rings (SSSR count). The Labute approximate surface area is 232 Å². The molecule has 0 fully saturated rings. The Hall–Kier alpha value is -3.35. The fraction of sp³-hybridized carbons (Fsp3) is 0.267. The summed E-state index contributed by atoms with van der Waals surface area (Å²) in [5.41, 5.74) is 3.24. The summed E-state index contributed by atoms with van der Waals surface area (Å²) in [6.45, 7) is 4.99. The van der Waals surface area contributed by atoms with Gasteiger partial charge in [-0.2, -0.15) is 0 Å². The number of H-pyrrole nitrogens is 1. The Kier molecular flexibility index (Phi) is 9.08. The highest BCUT2D eigenvalue weighted by atomic mass is 35.5. The second-order valence-electron chi connectivity index (χ2n) is 9.75. The summed E-state index contributed by atoms with van der Waals surface area (Å²) in [7, 11) is 0. The number of halogens is 3. The Bertz CT molecular complexity index is 1420. The second-order valence-corrected chi connectivity index (χ2v) is 10.6. The molecular weight excluding hydrogens is 524 g/mol. The number of aromatic amines is 1. The zero-order valence-corrected chi connectivity index (χ0v) is 22.9. The summed E-state index contributed by atoms with van der Waals surface area (Å²) >= 11 is 12.3. The van der Waals surface area contributed by atoms with Crippen molar-refractivity contribution in [2.24, 2.45) is 5.92 Å². The Morgan fingerprint density at radius 1 is 0.974 bits per heavy atom. The van der Waals surface area contributed by atoms with E-state index in [1.54, 1.807) is 29.2 Å². The van der Waals surface area contributed by atoms with Crippen LogP contribution in [0.5, 0.6) is 0 Å². The van der Waals surface area contributed by atoms with Crippen LogP contribution in [0.25, 0.3) is 10.9 Å². The maximum Gasteiger partial charge on any atom is 0.255 e. The molecule has 0 radical (unpaired) electrons. The number of carbonyl (C=O) groups excluding carboxylic acids is 2. The highest BCUT2D eigenvalue weighted by molar-refractivity contribution is 6.36. The molecule has 1 N–H and O–H groups in total. The predicted octanol–water partition coefficient (Wildman–Crippen LogP) is 6.98. The zero-order chi connectivity index (χ0) is 27.2. The van der Waals surface area contributed by atoms with Gasteiger partial charge >= 0.3 is 0 Å². The van der Waals surface area contributed by atoms with E-state index in [4.69, 9.17) is 23.2 Å². The number of aromatic nitrogens is 1. The van der Waals surface area contributed by atoms with Crippen molar-refractivity contribution >= 4 is 45.9 Å². The maximum atomic E-state index is 13.7. The lowest BCUT2D eigenvalue weighted by Crippen LogP contribution is -2.44. The number of hydrogen-bond donors (Lipinski definition) is 1. The lowest BCUT2D eigenvalue weighted by molar-refractivity contribution is -0.132. The van der Waals surface area contributed by atoms with E-state index >= 15 is 0 Å². The van der Waals surface area contributed by atoms with Crippen LogP contribution in [-0.4, -0.2) is 46.2 Å². The quantitative estimate of drug-likeness (QED) is 0.230. The maximum absolute atomic E-state index is 13.7. The Morgan fingerprint density at radius 3 is 2.42 bits per heavy atom. The first-order chi connectivity index (χ1) is 18.2. The van der Waals surface area contributed by atoms with Crippen molar-refractivity contribution in [3.8, 4) is 0 Å². The van der Waals surface area contributed by atoms with E-state index in [0.29, 0.717) is 36.6 Å². The molecule has 0 atom stereocenters. The summed E-state index contributed by atoms with van der Waals surface area (Å²) < 4.78 is 13.5. The number of nitrogens with one attached hydrogen (secondary N) is 1. The van der Waals surface area contributed by atoms with Gasteiger partial charge in [0.1, 0.15) is 12.4 Å². The van der Waals surface area contributed by atoms with Crippen LogP contribution in [0.15, 0.2) is 72.9 Å². The molecule has 8 heteroatoms. The minimum Gasteiger partial charge on any atom is -0.361 e. The number of amides is 2. The largest absolute Gasteiger partial charge is 0.361 e. The molecule has 0 aliphatic heterocycles. The van der Waals surface area contributed by atoms with Crippen LogP contribution in [0.3, 0.4) is 0 Å². The summed E-state index contributed by atoms with van der Waals surface area (Å²) in [6.07, 6.45) is 2.58. The SMILES string of the molecule is CC(C)CN(CC(=O)N(CCc1c[nH]c2ccccc12)Cc1ccc(F)cc1)C(=O)c1ccc(Cl)cc1Cl.